The highest BCUT2D eigenvalue weighted by Crippen LogP contribution is 2.31. The second-order valence-corrected chi connectivity index (χ2v) is 3.36. The predicted octanol–water partition coefficient (Wildman–Crippen LogP) is 3.03. The summed E-state index contributed by atoms with van der Waals surface area (Å²) in [7, 11) is 0. The standard InChI is InChI=1S/C10H12F3N/c1-6-5-8(10(11,12)13)3-4-9(6)7(2)14/h3-5,7H,14H2,1-2H3/t7-/m1/s1. The van der Waals surface area contributed by atoms with Gasteiger partial charge in [-0.05, 0) is 37.1 Å². The Morgan fingerprint density at radius 2 is 1.86 bits per heavy atom. The summed E-state index contributed by atoms with van der Waals surface area (Å²) in [4.78, 5) is 0. The molecule has 0 aliphatic carbocycles. The van der Waals surface area contributed by atoms with Crippen molar-refractivity contribution >= 4 is 0 Å². The lowest BCUT2D eigenvalue weighted by Gasteiger charge is -2.13. The minimum absolute atomic E-state index is 0.239. The van der Waals surface area contributed by atoms with Crippen molar-refractivity contribution in [3.05, 3.63) is 34.9 Å². The number of hydrogen-bond acceptors (Lipinski definition) is 1. The van der Waals surface area contributed by atoms with Crippen molar-refractivity contribution in [1.82, 2.24) is 0 Å². The van der Waals surface area contributed by atoms with Gasteiger partial charge in [0.1, 0.15) is 0 Å². The van der Waals surface area contributed by atoms with Gasteiger partial charge in [-0.3, -0.25) is 0 Å². The molecule has 0 unspecified atom stereocenters. The Hall–Kier alpha value is -1.03. The Labute approximate surface area is 80.7 Å². The van der Waals surface area contributed by atoms with E-state index < -0.39 is 11.7 Å². The van der Waals surface area contributed by atoms with Gasteiger partial charge in [0.25, 0.3) is 0 Å². The zero-order valence-corrected chi connectivity index (χ0v) is 8.02. The van der Waals surface area contributed by atoms with E-state index in [0.29, 0.717) is 5.56 Å². The van der Waals surface area contributed by atoms with Gasteiger partial charge < -0.3 is 5.73 Å². The molecule has 1 rings (SSSR count). The fourth-order valence-corrected chi connectivity index (χ4v) is 1.36. The van der Waals surface area contributed by atoms with Crippen LogP contribution in [0.4, 0.5) is 13.2 Å². The molecule has 0 aromatic heterocycles. The quantitative estimate of drug-likeness (QED) is 0.745. The number of alkyl halides is 3. The zero-order valence-electron chi connectivity index (χ0n) is 8.02. The number of rotatable bonds is 1. The SMILES string of the molecule is Cc1cc(C(F)(F)F)ccc1[C@@H](C)N. The summed E-state index contributed by atoms with van der Waals surface area (Å²) in [6.45, 7) is 3.38. The smallest absolute Gasteiger partial charge is 0.324 e. The molecule has 0 fully saturated rings. The summed E-state index contributed by atoms with van der Waals surface area (Å²) in [5.74, 6) is 0. The first-order valence-electron chi connectivity index (χ1n) is 4.25. The van der Waals surface area contributed by atoms with Crippen LogP contribution in [0.2, 0.25) is 0 Å². The molecule has 14 heavy (non-hydrogen) atoms. The highest BCUT2D eigenvalue weighted by atomic mass is 19.4. The molecule has 0 bridgehead atoms. The second-order valence-electron chi connectivity index (χ2n) is 3.36. The van der Waals surface area contributed by atoms with Crippen molar-refractivity contribution in [3.8, 4) is 0 Å². The fraction of sp³-hybridized carbons (Fsp3) is 0.400. The first-order valence-corrected chi connectivity index (χ1v) is 4.25. The molecule has 4 heteroatoms. The van der Waals surface area contributed by atoms with Crippen LogP contribution in [-0.4, -0.2) is 0 Å². The Bertz CT molecular complexity index is 329. The van der Waals surface area contributed by atoms with Gasteiger partial charge in [-0.1, -0.05) is 6.07 Å². The van der Waals surface area contributed by atoms with Gasteiger partial charge in [0.05, 0.1) is 5.56 Å². The number of benzene rings is 1. The van der Waals surface area contributed by atoms with E-state index in [2.05, 4.69) is 0 Å². The summed E-state index contributed by atoms with van der Waals surface area (Å²) < 4.78 is 36.8. The van der Waals surface area contributed by atoms with Crippen molar-refractivity contribution in [2.24, 2.45) is 5.73 Å². The highest BCUT2D eigenvalue weighted by Gasteiger charge is 2.30. The summed E-state index contributed by atoms with van der Waals surface area (Å²) in [5, 5.41) is 0. The molecule has 0 aliphatic rings. The van der Waals surface area contributed by atoms with Gasteiger partial charge in [-0.25, -0.2) is 0 Å². The number of aryl methyl sites for hydroxylation is 1. The van der Waals surface area contributed by atoms with Crippen LogP contribution in [0.15, 0.2) is 18.2 Å². The van der Waals surface area contributed by atoms with Gasteiger partial charge in [0.2, 0.25) is 0 Å². The van der Waals surface area contributed by atoms with E-state index in [1.54, 1.807) is 13.8 Å². The van der Waals surface area contributed by atoms with E-state index in [1.807, 2.05) is 0 Å². The van der Waals surface area contributed by atoms with Crippen molar-refractivity contribution in [2.45, 2.75) is 26.1 Å². The molecule has 78 valence electrons. The molecule has 0 saturated carbocycles. The molecule has 0 radical (unpaired) electrons. The molecular weight excluding hydrogens is 191 g/mol. The Balaban J connectivity index is 3.13. The van der Waals surface area contributed by atoms with Gasteiger partial charge in [0, 0.05) is 6.04 Å². The monoisotopic (exact) mass is 203 g/mol. The molecular formula is C10H12F3N. The van der Waals surface area contributed by atoms with E-state index in [9.17, 15) is 13.2 Å². The van der Waals surface area contributed by atoms with Crippen molar-refractivity contribution in [3.63, 3.8) is 0 Å². The summed E-state index contributed by atoms with van der Waals surface area (Å²) >= 11 is 0. The molecule has 1 atom stereocenters. The van der Waals surface area contributed by atoms with E-state index in [0.717, 1.165) is 17.7 Å². The maximum atomic E-state index is 12.3. The average Bonchev–Trinajstić information content (AvgIpc) is 2.01. The van der Waals surface area contributed by atoms with Gasteiger partial charge in [0.15, 0.2) is 0 Å². The molecule has 0 saturated heterocycles. The Morgan fingerprint density at radius 1 is 1.29 bits per heavy atom. The molecule has 0 amide bonds. The highest BCUT2D eigenvalue weighted by molar-refractivity contribution is 5.34. The number of hydrogen-bond donors (Lipinski definition) is 1. The Kier molecular flexibility index (Phi) is 2.85. The van der Waals surface area contributed by atoms with Crippen LogP contribution in [0.5, 0.6) is 0 Å². The molecule has 0 aliphatic heterocycles. The van der Waals surface area contributed by atoms with Gasteiger partial charge in [-0.2, -0.15) is 13.2 Å². The van der Waals surface area contributed by atoms with E-state index in [-0.39, 0.29) is 6.04 Å². The van der Waals surface area contributed by atoms with Crippen LogP contribution < -0.4 is 5.73 Å². The molecule has 0 heterocycles. The molecule has 1 aromatic carbocycles. The van der Waals surface area contributed by atoms with Crippen LogP contribution in [-0.2, 0) is 6.18 Å². The van der Waals surface area contributed by atoms with Crippen LogP contribution in [0, 0.1) is 6.92 Å². The maximum Gasteiger partial charge on any atom is 0.416 e. The average molecular weight is 203 g/mol. The van der Waals surface area contributed by atoms with Crippen LogP contribution in [0.1, 0.15) is 29.7 Å². The van der Waals surface area contributed by atoms with Crippen molar-refractivity contribution < 1.29 is 13.2 Å². The summed E-state index contributed by atoms with van der Waals surface area (Å²) in [6, 6.07) is 3.38. The first-order chi connectivity index (χ1) is 6.32. The summed E-state index contributed by atoms with van der Waals surface area (Å²) in [6.07, 6.45) is -4.28. The van der Waals surface area contributed by atoms with Crippen LogP contribution in [0.25, 0.3) is 0 Å². The number of nitrogens with two attached hydrogens (primary N) is 1. The third-order valence-electron chi connectivity index (χ3n) is 2.09. The Morgan fingerprint density at radius 3 is 2.21 bits per heavy atom. The maximum absolute atomic E-state index is 12.3. The largest absolute Gasteiger partial charge is 0.416 e. The fourth-order valence-electron chi connectivity index (χ4n) is 1.36. The van der Waals surface area contributed by atoms with Gasteiger partial charge in [-0.15, -0.1) is 0 Å². The van der Waals surface area contributed by atoms with Crippen LogP contribution in [0.3, 0.4) is 0 Å². The minimum atomic E-state index is -4.28. The lowest BCUT2D eigenvalue weighted by atomic mass is 10.0. The molecule has 0 spiro atoms. The zero-order chi connectivity index (χ0) is 10.9. The van der Waals surface area contributed by atoms with Crippen molar-refractivity contribution in [2.75, 3.05) is 0 Å². The third-order valence-corrected chi connectivity index (χ3v) is 2.09. The summed E-state index contributed by atoms with van der Waals surface area (Å²) in [5.41, 5.74) is 6.29. The van der Waals surface area contributed by atoms with E-state index in [1.165, 1.54) is 6.07 Å². The molecule has 1 aromatic rings. The minimum Gasteiger partial charge on any atom is -0.324 e. The van der Waals surface area contributed by atoms with Crippen molar-refractivity contribution in [1.29, 1.82) is 0 Å². The lowest BCUT2D eigenvalue weighted by molar-refractivity contribution is -0.137. The van der Waals surface area contributed by atoms with Gasteiger partial charge >= 0.3 is 6.18 Å². The molecule has 1 nitrogen and oxygen atoms in total. The van der Waals surface area contributed by atoms with E-state index in [4.69, 9.17) is 5.73 Å². The van der Waals surface area contributed by atoms with E-state index >= 15 is 0 Å². The lowest BCUT2D eigenvalue weighted by Crippen LogP contribution is -2.10. The number of halogens is 3. The van der Waals surface area contributed by atoms with Crippen LogP contribution >= 0.6 is 0 Å². The second kappa shape index (κ2) is 3.61. The third kappa shape index (κ3) is 2.26. The predicted molar refractivity (Wildman–Crippen MR) is 48.8 cm³/mol. The topological polar surface area (TPSA) is 26.0 Å². The first kappa shape index (κ1) is 11.0. The normalized spacial score (nSPS) is 14.1. The molecule has 2 N–H and O–H groups in total.